The Kier molecular flexibility index (Phi) is 6.74. The number of rotatable bonds is 6. The lowest BCUT2D eigenvalue weighted by atomic mass is 10.1. The lowest BCUT2D eigenvalue weighted by molar-refractivity contribution is 0.0917. The topological polar surface area (TPSA) is 78.4 Å². The van der Waals surface area contributed by atoms with Gasteiger partial charge in [0.25, 0.3) is 11.8 Å². The van der Waals surface area contributed by atoms with Gasteiger partial charge in [0.1, 0.15) is 5.82 Å². The highest BCUT2D eigenvalue weighted by Gasteiger charge is 2.17. The van der Waals surface area contributed by atoms with E-state index in [4.69, 9.17) is 0 Å². The number of nitrogens with one attached hydrogen (secondary N) is 2. The van der Waals surface area contributed by atoms with Crippen LogP contribution in [0.2, 0.25) is 0 Å². The van der Waals surface area contributed by atoms with Crippen molar-refractivity contribution in [2.24, 2.45) is 0 Å². The molecule has 5 nitrogen and oxygen atoms in total. The van der Waals surface area contributed by atoms with Crippen molar-refractivity contribution in [2.45, 2.75) is 6.10 Å². The fourth-order valence-electron chi connectivity index (χ4n) is 2.72. The Morgan fingerprint density at radius 1 is 0.966 bits per heavy atom. The molecule has 0 spiro atoms. The average Bonchev–Trinajstić information content (AvgIpc) is 2.72. The second-order valence-corrected chi connectivity index (χ2v) is 7.21. The molecule has 3 N–H and O–H groups in total. The van der Waals surface area contributed by atoms with Gasteiger partial charge >= 0.3 is 0 Å². The molecule has 0 saturated carbocycles. The molecule has 0 aliphatic heterocycles. The van der Waals surface area contributed by atoms with Crippen LogP contribution in [0.3, 0.4) is 0 Å². The van der Waals surface area contributed by atoms with Crippen molar-refractivity contribution < 1.29 is 19.1 Å². The Morgan fingerprint density at radius 3 is 2.45 bits per heavy atom. The molecule has 29 heavy (non-hydrogen) atoms. The maximum atomic E-state index is 13.7. The van der Waals surface area contributed by atoms with Gasteiger partial charge < -0.3 is 15.7 Å². The molecule has 3 rings (SSSR count). The van der Waals surface area contributed by atoms with Crippen LogP contribution in [0.1, 0.15) is 32.4 Å². The number of benzene rings is 3. The summed E-state index contributed by atoms with van der Waals surface area (Å²) in [6.45, 7) is -0.0285. The number of carbonyl (C=O) groups is 2. The molecule has 0 fully saturated rings. The van der Waals surface area contributed by atoms with Crippen LogP contribution in [-0.2, 0) is 0 Å². The third-order valence-corrected chi connectivity index (χ3v) is 4.69. The molecule has 0 aliphatic rings. The van der Waals surface area contributed by atoms with Gasteiger partial charge in [0.15, 0.2) is 0 Å². The molecule has 3 aromatic carbocycles. The van der Waals surface area contributed by atoms with Gasteiger partial charge in [-0.1, -0.05) is 52.3 Å². The van der Waals surface area contributed by atoms with Gasteiger partial charge in [0.2, 0.25) is 0 Å². The summed E-state index contributed by atoms with van der Waals surface area (Å²) in [6, 6.07) is 19.1. The van der Waals surface area contributed by atoms with E-state index in [9.17, 15) is 19.1 Å². The van der Waals surface area contributed by atoms with Gasteiger partial charge in [-0.2, -0.15) is 0 Å². The Balaban J connectivity index is 1.74. The summed E-state index contributed by atoms with van der Waals surface area (Å²) in [4.78, 5) is 25.1. The van der Waals surface area contributed by atoms with E-state index in [-0.39, 0.29) is 17.8 Å². The molecule has 0 saturated heterocycles. The van der Waals surface area contributed by atoms with Crippen LogP contribution >= 0.6 is 15.9 Å². The van der Waals surface area contributed by atoms with Crippen molar-refractivity contribution in [2.75, 3.05) is 11.9 Å². The van der Waals surface area contributed by atoms with Gasteiger partial charge in [-0.25, -0.2) is 4.39 Å². The van der Waals surface area contributed by atoms with Gasteiger partial charge in [-0.15, -0.1) is 0 Å². The van der Waals surface area contributed by atoms with E-state index in [1.165, 1.54) is 6.07 Å². The van der Waals surface area contributed by atoms with E-state index in [1.54, 1.807) is 48.5 Å². The van der Waals surface area contributed by atoms with Gasteiger partial charge in [-0.3, -0.25) is 9.59 Å². The van der Waals surface area contributed by atoms with E-state index >= 15 is 0 Å². The average molecular weight is 457 g/mol. The summed E-state index contributed by atoms with van der Waals surface area (Å²) >= 11 is 3.29. The van der Waals surface area contributed by atoms with E-state index in [1.807, 2.05) is 6.07 Å². The van der Waals surface area contributed by atoms with Crippen molar-refractivity contribution >= 4 is 33.4 Å². The summed E-state index contributed by atoms with van der Waals surface area (Å²) in [6.07, 6.45) is -0.889. The summed E-state index contributed by atoms with van der Waals surface area (Å²) in [7, 11) is 0. The van der Waals surface area contributed by atoms with Crippen LogP contribution < -0.4 is 10.6 Å². The number of anilines is 1. The number of aliphatic hydroxyl groups is 1. The molecule has 0 aliphatic carbocycles. The quantitative estimate of drug-likeness (QED) is 0.517. The van der Waals surface area contributed by atoms with Crippen LogP contribution in [0, 0.1) is 5.82 Å². The predicted molar refractivity (Wildman–Crippen MR) is 112 cm³/mol. The molecule has 1 atom stereocenters. The summed E-state index contributed by atoms with van der Waals surface area (Å²) in [5.41, 5.74) is 1.15. The van der Waals surface area contributed by atoms with E-state index < -0.39 is 23.7 Å². The second-order valence-electron chi connectivity index (χ2n) is 6.29. The van der Waals surface area contributed by atoms with Crippen molar-refractivity contribution in [1.82, 2.24) is 5.32 Å². The maximum Gasteiger partial charge on any atom is 0.255 e. The summed E-state index contributed by atoms with van der Waals surface area (Å²) in [5, 5.41) is 15.4. The van der Waals surface area contributed by atoms with Crippen LogP contribution in [0.4, 0.5) is 10.1 Å². The number of carbonyl (C=O) groups excluding carboxylic acids is 2. The Bertz CT molecular complexity index is 1030. The fraction of sp³-hybridized carbons (Fsp3) is 0.0909. The first kappa shape index (κ1) is 20.7. The number of halogens is 2. The lowest BCUT2D eigenvalue weighted by Gasteiger charge is -2.15. The van der Waals surface area contributed by atoms with E-state index in [0.29, 0.717) is 11.1 Å². The third-order valence-electron chi connectivity index (χ3n) is 4.20. The van der Waals surface area contributed by atoms with Crippen molar-refractivity contribution in [3.8, 4) is 0 Å². The van der Waals surface area contributed by atoms with Crippen molar-refractivity contribution in [3.63, 3.8) is 0 Å². The molecule has 0 aromatic heterocycles. The zero-order chi connectivity index (χ0) is 20.8. The van der Waals surface area contributed by atoms with Crippen molar-refractivity contribution in [1.29, 1.82) is 0 Å². The number of amides is 2. The minimum Gasteiger partial charge on any atom is -0.387 e. The molecule has 0 bridgehead atoms. The SMILES string of the molecule is O=C(Nc1cc(F)ccc1C(=O)NCC(O)c1ccccc1)c1cccc(Br)c1. The predicted octanol–water partition coefficient (Wildman–Crippen LogP) is 4.30. The van der Waals surface area contributed by atoms with Gasteiger partial charge in [-0.05, 0) is 42.0 Å². The van der Waals surface area contributed by atoms with Crippen molar-refractivity contribution in [3.05, 3.63) is 99.8 Å². The molecule has 7 heteroatoms. The Morgan fingerprint density at radius 2 is 1.72 bits per heavy atom. The summed E-state index contributed by atoms with van der Waals surface area (Å²) < 4.78 is 14.5. The molecule has 148 valence electrons. The standard InChI is InChI=1S/C22H18BrFN2O3/c23-16-8-4-7-15(11-16)21(28)26-19-12-17(24)9-10-18(19)22(29)25-13-20(27)14-5-2-1-3-6-14/h1-12,20,27H,13H2,(H,25,29)(H,26,28). The highest BCUT2D eigenvalue weighted by atomic mass is 79.9. The largest absolute Gasteiger partial charge is 0.387 e. The lowest BCUT2D eigenvalue weighted by Crippen LogP contribution is -2.29. The molecule has 0 radical (unpaired) electrons. The van der Waals surface area contributed by atoms with E-state index in [2.05, 4.69) is 26.6 Å². The highest BCUT2D eigenvalue weighted by molar-refractivity contribution is 9.10. The minimum absolute atomic E-state index is 0.0285. The number of aliphatic hydroxyl groups excluding tert-OH is 1. The van der Waals surface area contributed by atoms with Gasteiger partial charge in [0, 0.05) is 16.6 Å². The molecular formula is C22H18BrFN2O3. The molecule has 1 unspecified atom stereocenters. The van der Waals surface area contributed by atoms with E-state index in [0.717, 1.165) is 16.6 Å². The molecular weight excluding hydrogens is 439 g/mol. The van der Waals surface area contributed by atoms with Gasteiger partial charge in [0.05, 0.1) is 17.4 Å². The number of hydrogen-bond donors (Lipinski definition) is 3. The normalized spacial score (nSPS) is 11.6. The zero-order valence-corrected chi connectivity index (χ0v) is 16.8. The van der Waals surface area contributed by atoms with Crippen LogP contribution in [0.25, 0.3) is 0 Å². The second kappa shape index (κ2) is 9.45. The van der Waals surface area contributed by atoms with Crippen LogP contribution in [0.5, 0.6) is 0 Å². The van der Waals surface area contributed by atoms with Crippen LogP contribution in [-0.4, -0.2) is 23.5 Å². The smallest absolute Gasteiger partial charge is 0.255 e. The maximum absolute atomic E-state index is 13.7. The first-order chi connectivity index (χ1) is 13.9. The molecule has 0 heterocycles. The zero-order valence-electron chi connectivity index (χ0n) is 15.2. The first-order valence-electron chi connectivity index (χ1n) is 8.81. The minimum atomic E-state index is -0.889. The molecule has 2 amide bonds. The molecule has 3 aromatic rings. The fourth-order valence-corrected chi connectivity index (χ4v) is 3.12. The Hall–Kier alpha value is -3.03. The number of hydrogen-bond acceptors (Lipinski definition) is 3. The summed E-state index contributed by atoms with van der Waals surface area (Å²) in [5.74, 6) is -1.60. The van der Waals surface area contributed by atoms with Crippen LogP contribution in [0.15, 0.2) is 77.3 Å². The highest BCUT2D eigenvalue weighted by Crippen LogP contribution is 2.20. The third kappa shape index (κ3) is 5.49. The monoisotopic (exact) mass is 456 g/mol. The first-order valence-corrected chi connectivity index (χ1v) is 9.61. The Labute approximate surface area is 175 Å².